The van der Waals surface area contributed by atoms with E-state index in [1.807, 2.05) is 0 Å². The summed E-state index contributed by atoms with van der Waals surface area (Å²) in [5, 5.41) is 0. The van der Waals surface area contributed by atoms with Gasteiger partial charge in [-0.05, 0) is 50.1 Å². The molecule has 0 spiro atoms. The molecule has 5 rings (SSSR count). The first kappa shape index (κ1) is 22.2. The van der Waals surface area contributed by atoms with Gasteiger partial charge in [-0.1, -0.05) is 105 Å². The van der Waals surface area contributed by atoms with Crippen molar-refractivity contribution in [3.8, 4) is 45.3 Å². The van der Waals surface area contributed by atoms with Crippen LogP contribution in [0.25, 0.3) is 45.3 Å². The van der Waals surface area contributed by atoms with Crippen molar-refractivity contribution in [2.45, 2.75) is 20.8 Å². The van der Waals surface area contributed by atoms with Crippen LogP contribution in [-0.2, 0) is 0 Å². The number of rotatable bonds is 4. The zero-order chi connectivity index (χ0) is 23.7. The molecule has 0 aliphatic heterocycles. The Bertz CT molecular complexity index is 1410. The van der Waals surface area contributed by atoms with Crippen molar-refractivity contribution in [2.75, 3.05) is 0 Å². The van der Waals surface area contributed by atoms with Crippen LogP contribution in [0.3, 0.4) is 0 Å². The van der Waals surface area contributed by atoms with Crippen molar-refractivity contribution in [2.24, 2.45) is 0 Å². The minimum absolute atomic E-state index is 0.649. The van der Waals surface area contributed by atoms with E-state index in [-0.39, 0.29) is 0 Å². The summed E-state index contributed by atoms with van der Waals surface area (Å²) in [6, 6.07) is 31.4. The fourth-order valence-electron chi connectivity index (χ4n) is 3.88. The van der Waals surface area contributed by atoms with E-state index in [2.05, 4.69) is 128 Å². The van der Waals surface area contributed by atoms with Gasteiger partial charge >= 0.3 is 0 Å². The SMILES string of the molecule is Cc1ccc(-c2nc(-c3ccc(C)cc3)nc(-c3cc(Br)cc(-c4cccc(C)c4)c3)n2)cc1. The highest BCUT2D eigenvalue weighted by atomic mass is 79.9. The summed E-state index contributed by atoms with van der Waals surface area (Å²) in [7, 11) is 0. The molecule has 34 heavy (non-hydrogen) atoms. The second kappa shape index (κ2) is 9.32. The highest BCUT2D eigenvalue weighted by molar-refractivity contribution is 9.10. The Morgan fingerprint density at radius 3 is 1.47 bits per heavy atom. The van der Waals surface area contributed by atoms with Gasteiger partial charge in [-0.25, -0.2) is 15.0 Å². The van der Waals surface area contributed by atoms with Crippen LogP contribution in [0.15, 0.2) is 95.5 Å². The second-order valence-electron chi connectivity index (χ2n) is 8.64. The Morgan fingerprint density at radius 2 is 0.941 bits per heavy atom. The van der Waals surface area contributed by atoms with Crippen LogP contribution in [0.2, 0.25) is 0 Å². The van der Waals surface area contributed by atoms with Crippen LogP contribution in [0, 0.1) is 20.8 Å². The number of hydrogen-bond donors (Lipinski definition) is 0. The zero-order valence-corrected chi connectivity index (χ0v) is 21.0. The van der Waals surface area contributed by atoms with Gasteiger partial charge in [-0.2, -0.15) is 0 Å². The van der Waals surface area contributed by atoms with Crippen molar-refractivity contribution in [1.29, 1.82) is 0 Å². The normalized spacial score (nSPS) is 10.9. The molecule has 0 atom stereocenters. The molecule has 3 nitrogen and oxygen atoms in total. The molecule has 4 heteroatoms. The molecule has 1 aromatic heterocycles. The van der Waals surface area contributed by atoms with Crippen LogP contribution in [0.4, 0.5) is 0 Å². The van der Waals surface area contributed by atoms with Gasteiger partial charge in [0.05, 0.1) is 0 Å². The third-order valence-electron chi connectivity index (χ3n) is 5.76. The number of hydrogen-bond acceptors (Lipinski definition) is 3. The quantitative estimate of drug-likeness (QED) is 0.247. The maximum absolute atomic E-state index is 4.90. The monoisotopic (exact) mass is 505 g/mol. The fraction of sp³-hybridized carbons (Fsp3) is 0.100. The van der Waals surface area contributed by atoms with Crippen molar-refractivity contribution in [1.82, 2.24) is 15.0 Å². The lowest BCUT2D eigenvalue weighted by Gasteiger charge is -2.11. The Morgan fingerprint density at radius 1 is 0.441 bits per heavy atom. The Labute approximate surface area is 208 Å². The van der Waals surface area contributed by atoms with E-state index in [9.17, 15) is 0 Å². The van der Waals surface area contributed by atoms with Crippen LogP contribution in [0.5, 0.6) is 0 Å². The van der Waals surface area contributed by atoms with E-state index < -0.39 is 0 Å². The van der Waals surface area contributed by atoms with Crippen molar-refractivity contribution in [3.05, 3.63) is 112 Å². The molecule has 0 aliphatic rings. The highest BCUT2D eigenvalue weighted by Crippen LogP contribution is 2.31. The third kappa shape index (κ3) is 4.82. The smallest absolute Gasteiger partial charge is 0.164 e. The lowest BCUT2D eigenvalue weighted by atomic mass is 10.0. The van der Waals surface area contributed by atoms with Gasteiger partial charge in [0.1, 0.15) is 0 Å². The summed E-state index contributed by atoms with van der Waals surface area (Å²) in [5.41, 5.74) is 8.78. The van der Waals surface area contributed by atoms with Gasteiger partial charge in [0.2, 0.25) is 0 Å². The lowest BCUT2D eigenvalue weighted by Crippen LogP contribution is -2.00. The van der Waals surface area contributed by atoms with Crippen LogP contribution in [-0.4, -0.2) is 15.0 Å². The van der Waals surface area contributed by atoms with Crippen LogP contribution < -0.4 is 0 Å². The first-order valence-electron chi connectivity index (χ1n) is 11.2. The summed E-state index contributed by atoms with van der Waals surface area (Å²) in [5.74, 6) is 1.98. The molecule has 0 unspecified atom stereocenters. The maximum atomic E-state index is 4.90. The van der Waals surface area contributed by atoms with E-state index in [1.54, 1.807) is 0 Å². The average Bonchev–Trinajstić information content (AvgIpc) is 2.84. The van der Waals surface area contributed by atoms with Crippen molar-refractivity contribution < 1.29 is 0 Å². The average molecular weight is 506 g/mol. The molecule has 0 N–H and O–H groups in total. The highest BCUT2D eigenvalue weighted by Gasteiger charge is 2.14. The molecule has 5 aromatic rings. The summed E-state index contributed by atoms with van der Waals surface area (Å²) in [6.45, 7) is 6.26. The Hall–Kier alpha value is -3.63. The lowest BCUT2D eigenvalue weighted by molar-refractivity contribution is 1.07. The van der Waals surface area contributed by atoms with Crippen molar-refractivity contribution >= 4 is 15.9 Å². The predicted octanol–water partition coefficient (Wildman–Crippen LogP) is 8.23. The second-order valence-corrected chi connectivity index (χ2v) is 9.55. The van der Waals surface area contributed by atoms with Gasteiger partial charge in [-0.3, -0.25) is 0 Å². The minimum Gasteiger partial charge on any atom is -0.208 e. The minimum atomic E-state index is 0.649. The van der Waals surface area contributed by atoms with Gasteiger partial charge < -0.3 is 0 Å². The molecule has 166 valence electrons. The first-order valence-corrected chi connectivity index (χ1v) is 12.0. The molecule has 0 fully saturated rings. The topological polar surface area (TPSA) is 38.7 Å². The first-order chi connectivity index (χ1) is 16.4. The zero-order valence-electron chi connectivity index (χ0n) is 19.4. The van der Waals surface area contributed by atoms with E-state index >= 15 is 0 Å². The standard InChI is InChI=1S/C30H24BrN3/c1-19-7-11-22(12-8-19)28-32-29(23-13-9-20(2)10-14-23)34-30(33-28)26-16-25(17-27(31)18-26)24-6-4-5-21(3)15-24/h4-18H,1-3H3. The molecule has 0 amide bonds. The molecule has 1 heterocycles. The molecule has 4 aromatic carbocycles. The van der Waals surface area contributed by atoms with E-state index in [0.717, 1.165) is 32.3 Å². The third-order valence-corrected chi connectivity index (χ3v) is 6.22. The Balaban J connectivity index is 1.69. The van der Waals surface area contributed by atoms with Crippen LogP contribution >= 0.6 is 15.9 Å². The van der Waals surface area contributed by atoms with Gasteiger partial charge in [0, 0.05) is 21.2 Å². The summed E-state index contributed by atoms with van der Waals surface area (Å²) < 4.78 is 0.982. The molecular formula is C30H24BrN3. The number of halogens is 1. The molecular weight excluding hydrogens is 482 g/mol. The number of benzene rings is 4. The summed E-state index contributed by atoms with van der Waals surface area (Å²) >= 11 is 3.70. The van der Waals surface area contributed by atoms with E-state index in [1.165, 1.54) is 16.7 Å². The number of aromatic nitrogens is 3. The Kier molecular flexibility index (Phi) is 6.08. The fourth-order valence-corrected chi connectivity index (χ4v) is 4.37. The number of aryl methyl sites for hydroxylation is 3. The van der Waals surface area contributed by atoms with Gasteiger partial charge in [0.25, 0.3) is 0 Å². The summed E-state index contributed by atoms with van der Waals surface area (Å²) in [4.78, 5) is 14.6. The maximum Gasteiger partial charge on any atom is 0.164 e. The molecule has 0 saturated carbocycles. The molecule has 0 saturated heterocycles. The number of nitrogens with zero attached hydrogens (tertiary/aromatic N) is 3. The molecule has 0 radical (unpaired) electrons. The van der Waals surface area contributed by atoms with Crippen molar-refractivity contribution in [3.63, 3.8) is 0 Å². The molecule has 0 bridgehead atoms. The predicted molar refractivity (Wildman–Crippen MR) is 143 cm³/mol. The van der Waals surface area contributed by atoms with Gasteiger partial charge in [-0.15, -0.1) is 0 Å². The largest absolute Gasteiger partial charge is 0.208 e. The summed E-state index contributed by atoms with van der Waals surface area (Å²) in [6.07, 6.45) is 0. The molecule has 0 aliphatic carbocycles. The van der Waals surface area contributed by atoms with E-state index in [4.69, 9.17) is 15.0 Å². The van der Waals surface area contributed by atoms with E-state index in [0.29, 0.717) is 17.5 Å². The van der Waals surface area contributed by atoms with Gasteiger partial charge in [0.15, 0.2) is 17.5 Å². The van der Waals surface area contributed by atoms with Crippen LogP contribution in [0.1, 0.15) is 16.7 Å².